The van der Waals surface area contributed by atoms with Gasteiger partial charge in [-0.3, -0.25) is 19.8 Å². The second kappa shape index (κ2) is 7.48. The third-order valence-corrected chi connectivity index (χ3v) is 3.32. The topological polar surface area (TPSA) is 112 Å². The quantitative estimate of drug-likeness (QED) is 0.480. The van der Waals surface area contributed by atoms with E-state index in [1.54, 1.807) is 36.7 Å². The van der Waals surface area contributed by atoms with Gasteiger partial charge >= 0.3 is 0 Å². The van der Waals surface area contributed by atoms with Crippen molar-refractivity contribution in [2.75, 3.05) is 0 Å². The molecule has 0 radical (unpaired) electrons. The van der Waals surface area contributed by atoms with Crippen LogP contribution < -0.4 is 10.8 Å². The molecule has 7 nitrogen and oxygen atoms in total. The maximum atomic E-state index is 12.1. The van der Waals surface area contributed by atoms with Crippen LogP contribution in [0.4, 0.5) is 0 Å². The fraction of sp³-hybridized carbons (Fsp3) is 0.188. The largest absolute Gasteiger partial charge is 0.391 e. The highest BCUT2D eigenvalue weighted by Gasteiger charge is 2.25. The SMILES string of the molecule is C[C@@H](O)[C@H](NC(=O)c1ccc(-c2ccncc2)cc1)C(=O)NO. The summed E-state index contributed by atoms with van der Waals surface area (Å²) in [5.74, 6) is -1.41. The summed E-state index contributed by atoms with van der Waals surface area (Å²) < 4.78 is 0. The van der Waals surface area contributed by atoms with E-state index in [9.17, 15) is 14.7 Å². The van der Waals surface area contributed by atoms with Crippen molar-refractivity contribution in [3.05, 3.63) is 54.4 Å². The molecule has 4 N–H and O–H groups in total. The highest BCUT2D eigenvalue weighted by atomic mass is 16.5. The summed E-state index contributed by atoms with van der Waals surface area (Å²) in [5.41, 5.74) is 3.63. The number of benzene rings is 1. The molecule has 7 heteroatoms. The first-order chi connectivity index (χ1) is 11.0. The number of amides is 2. The van der Waals surface area contributed by atoms with Gasteiger partial charge in [-0.1, -0.05) is 12.1 Å². The van der Waals surface area contributed by atoms with Crippen LogP contribution in [0.5, 0.6) is 0 Å². The molecule has 2 aromatic rings. The summed E-state index contributed by atoms with van der Waals surface area (Å²) in [6, 6.07) is 9.23. The molecule has 23 heavy (non-hydrogen) atoms. The van der Waals surface area contributed by atoms with Crippen LogP contribution in [-0.2, 0) is 4.79 Å². The van der Waals surface area contributed by atoms with E-state index in [1.807, 2.05) is 12.1 Å². The van der Waals surface area contributed by atoms with E-state index in [4.69, 9.17) is 5.21 Å². The number of nitrogens with one attached hydrogen (secondary N) is 2. The van der Waals surface area contributed by atoms with Crippen molar-refractivity contribution in [2.45, 2.75) is 19.1 Å². The predicted octanol–water partition coefficient (Wildman–Crippen LogP) is 0.733. The van der Waals surface area contributed by atoms with Crippen molar-refractivity contribution in [3.63, 3.8) is 0 Å². The lowest BCUT2D eigenvalue weighted by Crippen LogP contribution is -2.51. The number of aromatic nitrogens is 1. The monoisotopic (exact) mass is 315 g/mol. The number of carbonyl (C=O) groups is 2. The van der Waals surface area contributed by atoms with Gasteiger partial charge in [-0.25, -0.2) is 5.48 Å². The van der Waals surface area contributed by atoms with Gasteiger partial charge in [-0.15, -0.1) is 0 Å². The van der Waals surface area contributed by atoms with Gasteiger partial charge in [-0.05, 0) is 42.3 Å². The molecule has 0 bridgehead atoms. The van der Waals surface area contributed by atoms with Crippen LogP contribution in [0, 0.1) is 0 Å². The van der Waals surface area contributed by atoms with Crippen LogP contribution in [0.25, 0.3) is 11.1 Å². The number of rotatable bonds is 5. The Hall–Kier alpha value is -2.77. The van der Waals surface area contributed by atoms with Gasteiger partial charge in [0, 0.05) is 18.0 Å². The molecular weight excluding hydrogens is 298 g/mol. The molecule has 0 saturated carbocycles. The minimum atomic E-state index is -1.24. The minimum absolute atomic E-state index is 0.333. The third-order valence-electron chi connectivity index (χ3n) is 3.32. The fourth-order valence-electron chi connectivity index (χ4n) is 2.06. The van der Waals surface area contributed by atoms with E-state index in [0.717, 1.165) is 11.1 Å². The van der Waals surface area contributed by atoms with E-state index in [0.29, 0.717) is 5.56 Å². The number of pyridine rings is 1. The smallest absolute Gasteiger partial charge is 0.268 e. The van der Waals surface area contributed by atoms with Crippen LogP contribution in [0.15, 0.2) is 48.8 Å². The minimum Gasteiger partial charge on any atom is -0.391 e. The number of hydrogen-bond acceptors (Lipinski definition) is 5. The highest BCUT2D eigenvalue weighted by Crippen LogP contribution is 2.18. The van der Waals surface area contributed by atoms with Crippen LogP contribution in [0.2, 0.25) is 0 Å². The van der Waals surface area contributed by atoms with Crippen molar-refractivity contribution in [1.82, 2.24) is 15.8 Å². The Balaban J connectivity index is 2.12. The number of aliphatic hydroxyl groups excluding tert-OH is 1. The lowest BCUT2D eigenvalue weighted by atomic mass is 10.0. The Kier molecular flexibility index (Phi) is 5.40. The summed E-state index contributed by atoms with van der Waals surface area (Å²) in [4.78, 5) is 27.5. The molecule has 0 unspecified atom stereocenters. The van der Waals surface area contributed by atoms with Crippen molar-refractivity contribution in [2.24, 2.45) is 0 Å². The van der Waals surface area contributed by atoms with Crippen molar-refractivity contribution in [3.8, 4) is 11.1 Å². The van der Waals surface area contributed by atoms with E-state index in [2.05, 4.69) is 10.3 Å². The zero-order chi connectivity index (χ0) is 16.8. The molecule has 0 spiro atoms. The lowest BCUT2D eigenvalue weighted by molar-refractivity contribution is -0.133. The second-order valence-electron chi connectivity index (χ2n) is 4.98. The zero-order valence-corrected chi connectivity index (χ0v) is 12.4. The molecular formula is C16H17N3O4. The maximum absolute atomic E-state index is 12.1. The molecule has 0 saturated heterocycles. The number of aliphatic hydroxyl groups is 1. The molecule has 0 aliphatic rings. The van der Waals surface area contributed by atoms with Gasteiger partial charge in [0.15, 0.2) is 0 Å². The molecule has 2 rings (SSSR count). The summed E-state index contributed by atoms with van der Waals surface area (Å²) in [5, 5.41) is 20.5. The standard InChI is InChI=1S/C16H17N3O4/c1-10(20)14(16(22)19-23)18-15(21)13-4-2-11(3-5-13)12-6-8-17-9-7-12/h2-10,14,20,23H,1H3,(H,18,21)(H,19,22)/t10-,14+/m1/s1. The van der Waals surface area contributed by atoms with Crippen LogP contribution in [0.1, 0.15) is 17.3 Å². The van der Waals surface area contributed by atoms with Crippen molar-refractivity contribution < 1.29 is 19.9 Å². The van der Waals surface area contributed by atoms with Gasteiger partial charge in [0.2, 0.25) is 0 Å². The normalized spacial score (nSPS) is 13.0. The summed E-state index contributed by atoms with van der Waals surface area (Å²) >= 11 is 0. The molecule has 0 aliphatic carbocycles. The van der Waals surface area contributed by atoms with Gasteiger partial charge in [0.05, 0.1) is 6.10 Å². The maximum Gasteiger partial charge on any atom is 0.268 e. The summed E-state index contributed by atoms with van der Waals surface area (Å²) in [6.45, 7) is 1.34. The third kappa shape index (κ3) is 4.12. The van der Waals surface area contributed by atoms with Gasteiger partial charge in [-0.2, -0.15) is 0 Å². The Labute approximate surface area is 132 Å². The van der Waals surface area contributed by atoms with Gasteiger partial charge in [0.1, 0.15) is 6.04 Å². The Morgan fingerprint density at radius 1 is 1.04 bits per heavy atom. The molecule has 1 aromatic carbocycles. The molecule has 1 aromatic heterocycles. The zero-order valence-electron chi connectivity index (χ0n) is 12.4. The summed E-state index contributed by atoms with van der Waals surface area (Å²) in [6.07, 6.45) is 2.20. The van der Waals surface area contributed by atoms with Gasteiger partial charge < -0.3 is 10.4 Å². The fourth-order valence-corrected chi connectivity index (χ4v) is 2.06. The average Bonchev–Trinajstić information content (AvgIpc) is 2.59. The molecule has 0 fully saturated rings. The Morgan fingerprint density at radius 3 is 2.13 bits per heavy atom. The highest BCUT2D eigenvalue weighted by molar-refractivity contribution is 5.97. The number of hydrogen-bond donors (Lipinski definition) is 4. The van der Waals surface area contributed by atoms with Crippen LogP contribution in [0.3, 0.4) is 0 Å². The molecule has 0 aliphatic heterocycles. The van der Waals surface area contributed by atoms with Crippen molar-refractivity contribution in [1.29, 1.82) is 0 Å². The first kappa shape index (κ1) is 16.6. The van der Waals surface area contributed by atoms with E-state index >= 15 is 0 Å². The first-order valence-electron chi connectivity index (χ1n) is 6.96. The van der Waals surface area contributed by atoms with Gasteiger partial charge in [0.25, 0.3) is 11.8 Å². The molecule has 2 amide bonds. The number of nitrogens with zero attached hydrogens (tertiary/aromatic N) is 1. The predicted molar refractivity (Wildman–Crippen MR) is 82.5 cm³/mol. The molecule has 2 atom stereocenters. The van der Waals surface area contributed by atoms with Crippen LogP contribution >= 0.6 is 0 Å². The lowest BCUT2D eigenvalue weighted by Gasteiger charge is -2.19. The first-order valence-corrected chi connectivity index (χ1v) is 6.96. The second-order valence-corrected chi connectivity index (χ2v) is 4.98. The van der Waals surface area contributed by atoms with Crippen LogP contribution in [-0.4, -0.2) is 39.3 Å². The average molecular weight is 315 g/mol. The summed E-state index contributed by atoms with van der Waals surface area (Å²) in [7, 11) is 0. The number of carbonyl (C=O) groups excluding carboxylic acids is 2. The molecule has 1 heterocycles. The van der Waals surface area contributed by atoms with E-state index < -0.39 is 24.0 Å². The molecule has 120 valence electrons. The number of hydroxylamine groups is 1. The van der Waals surface area contributed by atoms with E-state index in [1.165, 1.54) is 12.4 Å². The Morgan fingerprint density at radius 2 is 1.61 bits per heavy atom. The van der Waals surface area contributed by atoms with Crippen molar-refractivity contribution >= 4 is 11.8 Å². The Bertz CT molecular complexity index is 671. The van der Waals surface area contributed by atoms with E-state index in [-0.39, 0.29) is 0 Å².